The first kappa shape index (κ1) is 30.9. The van der Waals surface area contributed by atoms with Crippen molar-refractivity contribution in [2.75, 3.05) is 20.2 Å². The van der Waals surface area contributed by atoms with E-state index in [-0.39, 0.29) is 19.0 Å². The Morgan fingerprint density at radius 3 is 2.08 bits per heavy atom. The van der Waals surface area contributed by atoms with Gasteiger partial charge in [-0.2, -0.15) is 0 Å². The van der Waals surface area contributed by atoms with E-state index in [0.29, 0.717) is 24.3 Å². The minimum atomic E-state index is -1.49. The molecule has 0 unspecified atom stereocenters. The minimum Gasteiger partial charge on any atom is -0.497 e. The first-order chi connectivity index (χ1) is 18.4. The molecule has 2 N–H and O–H groups in total. The minimum absolute atomic E-state index is 0.121. The van der Waals surface area contributed by atoms with Crippen LogP contribution in [0.5, 0.6) is 5.75 Å². The van der Waals surface area contributed by atoms with Crippen LogP contribution in [-0.2, 0) is 22.6 Å². The van der Waals surface area contributed by atoms with Crippen molar-refractivity contribution >= 4 is 17.8 Å². The Hall–Kier alpha value is -3.35. The van der Waals surface area contributed by atoms with E-state index >= 15 is 0 Å². The highest BCUT2D eigenvalue weighted by molar-refractivity contribution is 6.31. The monoisotopic (exact) mass is 524 g/mol. The lowest BCUT2D eigenvalue weighted by atomic mass is 10.1. The lowest BCUT2D eigenvalue weighted by molar-refractivity contribution is -0.156. The number of hydrogen-bond donors (Lipinski definition) is 2. The van der Waals surface area contributed by atoms with Gasteiger partial charge in [0, 0.05) is 25.2 Å². The van der Waals surface area contributed by atoms with Crippen molar-refractivity contribution in [3.63, 3.8) is 0 Å². The smallest absolute Gasteiger partial charge is 0.394 e. The molecule has 0 aliphatic carbocycles. The Morgan fingerprint density at radius 2 is 1.47 bits per heavy atom. The van der Waals surface area contributed by atoms with E-state index in [1.807, 2.05) is 24.3 Å². The number of carboxylic acid groups (broad SMARTS) is 1. The fourth-order valence-corrected chi connectivity index (χ4v) is 4.38. The lowest BCUT2D eigenvalue weighted by Crippen LogP contribution is -2.37. The SMILES string of the molecule is CCCCCCCCCCCCNC(=O)c1ccc(CN(CCc2cccc(OC)c2)C(=O)C(=O)O)cc1. The highest BCUT2D eigenvalue weighted by Gasteiger charge is 2.21. The van der Waals surface area contributed by atoms with E-state index in [2.05, 4.69) is 12.2 Å². The van der Waals surface area contributed by atoms with Crippen molar-refractivity contribution in [1.82, 2.24) is 10.2 Å². The van der Waals surface area contributed by atoms with Crippen molar-refractivity contribution in [1.29, 1.82) is 0 Å². The fourth-order valence-electron chi connectivity index (χ4n) is 4.38. The molecular weight excluding hydrogens is 480 g/mol. The zero-order chi connectivity index (χ0) is 27.6. The number of nitrogens with one attached hydrogen (secondary N) is 1. The van der Waals surface area contributed by atoms with Gasteiger partial charge in [0.05, 0.1) is 7.11 Å². The number of unbranched alkanes of at least 4 members (excludes halogenated alkanes) is 9. The van der Waals surface area contributed by atoms with Crippen molar-refractivity contribution in [3.05, 3.63) is 65.2 Å². The third kappa shape index (κ3) is 11.8. The zero-order valence-electron chi connectivity index (χ0n) is 23.0. The highest BCUT2D eigenvalue weighted by atomic mass is 16.5. The Morgan fingerprint density at radius 1 is 0.842 bits per heavy atom. The normalized spacial score (nSPS) is 10.7. The van der Waals surface area contributed by atoms with Crippen LogP contribution in [0.2, 0.25) is 0 Å². The van der Waals surface area contributed by atoms with Crippen LogP contribution in [-0.4, -0.2) is 48.0 Å². The molecule has 0 atom stereocenters. The molecule has 2 rings (SSSR count). The molecule has 0 bridgehead atoms. The molecular formula is C31H44N2O5. The molecule has 2 aromatic rings. The van der Waals surface area contributed by atoms with Gasteiger partial charge < -0.3 is 20.1 Å². The maximum Gasteiger partial charge on any atom is 0.394 e. The average molecular weight is 525 g/mol. The van der Waals surface area contributed by atoms with Crippen LogP contribution in [0.4, 0.5) is 0 Å². The number of ether oxygens (including phenoxy) is 1. The maximum atomic E-state index is 12.5. The molecule has 2 amide bonds. The summed E-state index contributed by atoms with van der Waals surface area (Å²) in [5.74, 6) is -1.85. The standard InChI is InChI=1S/C31H44N2O5/c1-3-4-5-6-7-8-9-10-11-12-21-32-29(34)27-18-16-26(17-19-27)24-33(30(35)31(36)37)22-20-25-14-13-15-28(23-25)38-2/h13-19,23H,3-12,20-22,24H2,1-2H3,(H,32,34)(H,36,37). The Balaban J connectivity index is 1.76. The van der Waals surface area contributed by atoms with Crippen LogP contribution in [0.3, 0.4) is 0 Å². The van der Waals surface area contributed by atoms with Gasteiger partial charge in [0.15, 0.2) is 0 Å². The van der Waals surface area contributed by atoms with Gasteiger partial charge in [-0.1, -0.05) is 89.0 Å². The molecule has 38 heavy (non-hydrogen) atoms. The van der Waals surface area contributed by atoms with E-state index in [1.165, 1.54) is 56.3 Å². The third-order valence-electron chi connectivity index (χ3n) is 6.68. The van der Waals surface area contributed by atoms with Gasteiger partial charge in [-0.3, -0.25) is 9.59 Å². The second kappa shape index (κ2) is 18.0. The van der Waals surface area contributed by atoms with Gasteiger partial charge in [-0.05, 0) is 48.2 Å². The summed E-state index contributed by atoms with van der Waals surface area (Å²) in [4.78, 5) is 37.4. The summed E-state index contributed by atoms with van der Waals surface area (Å²) in [5.41, 5.74) is 2.26. The van der Waals surface area contributed by atoms with Gasteiger partial charge in [-0.15, -0.1) is 0 Å². The van der Waals surface area contributed by atoms with Gasteiger partial charge in [0.2, 0.25) is 0 Å². The summed E-state index contributed by atoms with van der Waals surface area (Å²) in [6.07, 6.45) is 13.0. The number of hydrogen-bond acceptors (Lipinski definition) is 4. The summed E-state index contributed by atoms with van der Waals surface area (Å²) in [7, 11) is 1.58. The molecule has 0 heterocycles. The summed E-state index contributed by atoms with van der Waals surface area (Å²) < 4.78 is 5.23. The summed E-state index contributed by atoms with van der Waals surface area (Å²) >= 11 is 0. The second-order valence-corrected chi connectivity index (χ2v) is 9.77. The molecule has 0 saturated heterocycles. The zero-order valence-corrected chi connectivity index (χ0v) is 23.0. The van der Waals surface area contributed by atoms with Crippen LogP contribution in [0.1, 0.15) is 92.6 Å². The van der Waals surface area contributed by atoms with Crippen LogP contribution < -0.4 is 10.1 Å². The van der Waals surface area contributed by atoms with Crippen LogP contribution in [0.15, 0.2) is 48.5 Å². The number of nitrogens with zero attached hydrogens (tertiary/aromatic N) is 1. The van der Waals surface area contributed by atoms with E-state index in [1.54, 1.807) is 31.4 Å². The highest BCUT2D eigenvalue weighted by Crippen LogP contribution is 2.15. The van der Waals surface area contributed by atoms with Gasteiger partial charge >= 0.3 is 11.9 Å². The Labute approximate surface area is 227 Å². The molecule has 0 aromatic heterocycles. The molecule has 0 fully saturated rings. The quantitative estimate of drug-likeness (QED) is 0.184. The number of carbonyl (C=O) groups excluding carboxylic acids is 2. The van der Waals surface area contributed by atoms with Gasteiger partial charge in [0.1, 0.15) is 5.75 Å². The van der Waals surface area contributed by atoms with Crippen molar-refractivity contribution in [2.45, 2.75) is 84.1 Å². The molecule has 0 aliphatic rings. The third-order valence-corrected chi connectivity index (χ3v) is 6.68. The van der Waals surface area contributed by atoms with Crippen LogP contribution in [0, 0.1) is 0 Å². The first-order valence-electron chi connectivity index (χ1n) is 14.0. The molecule has 0 radical (unpaired) electrons. The van der Waals surface area contributed by atoms with E-state index < -0.39 is 11.9 Å². The topological polar surface area (TPSA) is 95.9 Å². The van der Waals surface area contributed by atoms with Gasteiger partial charge in [-0.25, -0.2) is 4.79 Å². The summed E-state index contributed by atoms with van der Waals surface area (Å²) in [6.45, 7) is 3.29. The largest absolute Gasteiger partial charge is 0.497 e. The van der Waals surface area contributed by atoms with E-state index in [0.717, 1.165) is 24.0 Å². The second-order valence-electron chi connectivity index (χ2n) is 9.77. The van der Waals surface area contributed by atoms with Crippen molar-refractivity contribution < 1.29 is 24.2 Å². The summed E-state index contributed by atoms with van der Waals surface area (Å²) in [6, 6.07) is 14.4. The number of benzene rings is 2. The molecule has 208 valence electrons. The van der Waals surface area contributed by atoms with Crippen LogP contribution in [0.25, 0.3) is 0 Å². The summed E-state index contributed by atoms with van der Waals surface area (Å²) in [5, 5.41) is 12.2. The Kier molecular flexibility index (Phi) is 14.6. The molecule has 7 nitrogen and oxygen atoms in total. The van der Waals surface area contributed by atoms with Gasteiger partial charge in [0.25, 0.3) is 5.91 Å². The van der Waals surface area contributed by atoms with E-state index in [9.17, 15) is 19.5 Å². The Bertz CT molecular complexity index is 990. The number of methoxy groups -OCH3 is 1. The number of carboxylic acids is 1. The van der Waals surface area contributed by atoms with E-state index in [4.69, 9.17) is 4.74 Å². The van der Waals surface area contributed by atoms with Crippen molar-refractivity contribution in [3.8, 4) is 5.75 Å². The number of aliphatic carboxylic acids is 1. The molecule has 0 spiro atoms. The first-order valence-corrected chi connectivity index (χ1v) is 14.0. The number of rotatable bonds is 18. The predicted octanol–water partition coefficient (Wildman–Crippen LogP) is 6.00. The molecule has 7 heteroatoms. The number of amides is 2. The molecule has 0 aliphatic heterocycles. The average Bonchev–Trinajstić information content (AvgIpc) is 2.93. The molecule has 0 saturated carbocycles. The van der Waals surface area contributed by atoms with Crippen LogP contribution >= 0.6 is 0 Å². The predicted molar refractivity (Wildman–Crippen MR) is 150 cm³/mol. The maximum absolute atomic E-state index is 12.5. The number of carbonyl (C=O) groups is 3. The van der Waals surface area contributed by atoms with Crippen molar-refractivity contribution in [2.24, 2.45) is 0 Å². The fraction of sp³-hybridized carbons (Fsp3) is 0.516. The lowest BCUT2D eigenvalue weighted by Gasteiger charge is -2.21. The molecule has 2 aromatic carbocycles.